The van der Waals surface area contributed by atoms with E-state index in [1.807, 2.05) is 78.9 Å². The van der Waals surface area contributed by atoms with E-state index < -0.39 is 0 Å². The monoisotopic (exact) mass is 382 g/mol. The van der Waals surface area contributed by atoms with Crippen LogP contribution in [0.25, 0.3) is 22.6 Å². The molecule has 0 radical (unpaired) electrons. The Labute approximate surface area is 163 Å². The zero-order valence-corrected chi connectivity index (χ0v) is 15.1. The van der Waals surface area contributed by atoms with Gasteiger partial charge in [0.2, 0.25) is 0 Å². The molecule has 0 atom stereocenters. The average Bonchev–Trinajstić information content (AvgIpc) is 2.70. The second-order valence-electron chi connectivity index (χ2n) is 5.24. The van der Waals surface area contributed by atoms with Gasteiger partial charge < -0.3 is 5.73 Å². The smallest absolute Gasteiger partial charge is 0.0980 e. The Balaban J connectivity index is 0.000000258. The Hall–Kier alpha value is -3.01. The number of pyridine rings is 3. The van der Waals surface area contributed by atoms with Crippen LogP contribution in [-0.2, 0) is 17.1 Å². The van der Waals surface area contributed by atoms with Crippen molar-refractivity contribution in [2.24, 2.45) is 0 Å². The summed E-state index contributed by atoms with van der Waals surface area (Å²) in [6.45, 7) is 0. The first-order chi connectivity index (χ1) is 12.3. The van der Waals surface area contributed by atoms with Crippen LogP contribution < -0.4 is 5.73 Å². The van der Waals surface area contributed by atoms with Crippen molar-refractivity contribution in [3.8, 4) is 22.6 Å². The fourth-order valence-corrected chi connectivity index (χ4v) is 2.29. The summed E-state index contributed by atoms with van der Waals surface area (Å²) in [6, 6.07) is 25.1. The molecule has 1 aromatic carbocycles. The summed E-state index contributed by atoms with van der Waals surface area (Å²) in [5.74, 6) is 0. The van der Waals surface area contributed by atoms with Crippen LogP contribution in [0.3, 0.4) is 0 Å². The minimum Gasteiger partial charge on any atom is -0.399 e. The first-order valence-corrected chi connectivity index (χ1v) is 7.93. The van der Waals surface area contributed by atoms with E-state index in [1.54, 1.807) is 18.6 Å². The van der Waals surface area contributed by atoms with Gasteiger partial charge in [0.1, 0.15) is 0 Å². The van der Waals surface area contributed by atoms with E-state index >= 15 is 0 Å². The third-order valence-electron chi connectivity index (χ3n) is 3.46. The topological polar surface area (TPSA) is 64.7 Å². The van der Waals surface area contributed by atoms with Crippen LogP contribution in [0, 0.1) is 0 Å². The number of para-hydroxylation sites is 1. The molecule has 0 aliphatic rings. The summed E-state index contributed by atoms with van der Waals surface area (Å²) >= 11 is 0. The molecule has 0 saturated carbocycles. The van der Waals surface area contributed by atoms with Crippen LogP contribution in [-0.4, -0.2) is 15.0 Å². The Bertz CT molecular complexity index is 842. The maximum absolute atomic E-state index is 5.36. The molecule has 2 N–H and O–H groups in total. The molecule has 130 valence electrons. The number of rotatable bonds is 2. The van der Waals surface area contributed by atoms with E-state index in [4.69, 9.17) is 5.73 Å². The molecule has 0 unspecified atom stereocenters. The Kier molecular flexibility index (Phi) is 7.49. The van der Waals surface area contributed by atoms with E-state index in [2.05, 4.69) is 15.0 Å². The summed E-state index contributed by atoms with van der Waals surface area (Å²) in [7, 11) is 0. The number of benzene rings is 1. The fourth-order valence-electron chi connectivity index (χ4n) is 2.29. The molecule has 0 spiro atoms. The van der Waals surface area contributed by atoms with Gasteiger partial charge in [-0.3, -0.25) is 15.0 Å². The van der Waals surface area contributed by atoms with E-state index in [9.17, 15) is 0 Å². The van der Waals surface area contributed by atoms with Gasteiger partial charge in [-0.25, -0.2) is 0 Å². The molecule has 4 nitrogen and oxygen atoms in total. The normalized spacial score (nSPS) is 9.38. The molecule has 0 aliphatic carbocycles. The minimum atomic E-state index is 0. The first kappa shape index (κ1) is 19.3. The minimum absolute atomic E-state index is 0. The first-order valence-electron chi connectivity index (χ1n) is 7.93. The van der Waals surface area contributed by atoms with Gasteiger partial charge in [-0.05, 0) is 48.5 Å². The van der Waals surface area contributed by atoms with Gasteiger partial charge in [0, 0.05) is 46.9 Å². The molecular formula is C21H18FeN4. The largest absolute Gasteiger partial charge is 0.399 e. The second-order valence-corrected chi connectivity index (χ2v) is 5.24. The molecule has 0 saturated heterocycles. The molecule has 5 heteroatoms. The van der Waals surface area contributed by atoms with Crippen LogP contribution in [0.5, 0.6) is 0 Å². The van der Waals surface area contributed by atoms with Crippen molar-refractivity contribution in [2.75, 3.05) is 5.73 Å². The third-order valence-corrected chi connectivity index (χ3v) is 3.46. The number of nitrogens with two attached hydrogens (primary N) is 1. The summed E-state index contributed by atoms with van der Waals surface area (Å²) in [4.78, 5) is 13.1. The molecule has 0 fully saturated rings. The summed E-state index contributed by atoms with van der Waals surface area (Å²) in [5.41, 5.74) is 9.80. The van der Waals surface area contributed by atoms with Crippen molar-refractivity contribution in [2.45, 2.75) is 0 Å². The van der Waals surface area contributed by atoms with Crippen molar-refractivity contribution >= 4 is 5.69 Å². The van der Waals surface area contributed by atoms with Gasteiger partial charge in [-0.2, -0.15) is 0 Å². The van der Waals surface area contributed by atoms with Crippen molar-refractivity contribution in [1.82, 2.24) is 15.0 Å². The van der Waals surface area contributed by atoms with Crippen LogP contribution in [0.15, 0.2) is 97.5 Å². The maximum atomic E-state index is 5.36. The predicted molar refractivity (Wildman–Crippen MR) is 102 cm³/mol. The molecule has 26 heavy (non-hydrogen) atoms. The molecule has 0 amide bonds. The summed E-state index contributed by atoms with van der Waals surface area (Å²) in [6.07, 6.45) is 5.33. The van der Waals surface area contributed by atoms with Crippen LogP contribution >= 0.6 is 0 Å². The maximum Gasteiger partial charge on any atom is 0.0980 e. The van der Waals surface area contributed by atoms with Crippen LogP contribution in [0.4, 0.5) is 5.69 Å². The van der Waals surface area contributed by atoms with Gasteiger partial charge in [0.25, 0.3) is 0 Å². The number of anilines is 1. The summed E-state index contributed by atoms with van der Waals surface area (Å²) < 4.78 is 0. The van der Waals surface area contributed by atoms with Crippen molar-refractivity contribution in [3.63, 3.8) is 0 Å². The molecule has 4 aromatic rings. The van der Waals surface area contributed by atoms with Crippen LogP contribution in [0.2, 0.25) is 0 Å². The van der Waals surface area contributed by atoms with Crippen molar-refractivity contribution < 1.29 is 17.1 Å². The Morgan fingerprint density at radius 1 is 0.538 bits per heavy atom. The van der Waals surface area contributed by atoms with E-state index in [1.165, 1.54) is 0 Å². The van der Waals surface area contributed by atoms with Gasteiger partial charge >= 0.3 is 0 Å². The van der Waals surface area contributed by atoms with Crippen molar-refractivity contribution in [3.05, 3.63) is 97.5 Å². The number of nitrogens with zero attached hydrogens (tertiary/aromatic N) is 3. The molecule has 0 bridgehead atoms. The van der Waals surface area contributed by atoms with Gasteiger partial charge in [0.15, 0.2) is 0 Å². The van der Waals surface area contributed by atoms with Crippen LogP contribution in [0.1, 0.15) is 0 Å². The summed E-state index contributed by atoms with van der Waals surface area (Å²) in [5, 5.41) is 0. The quantitative estimate of drug-likeness (QED) is 0.410. The number of hydrogen-bond donors (Lipinski definition) is 1. The van der Waals surface area contributed by atoms with E-state index in [0.717, 1.165) is 28.3 Å². The SMILES string of the molecule is Nc1ccccc1.[Fe].c1ccc(-c2cccnc2-c2ccccn2)nc1. The Morgan fingerprint density at radius 3 is 1.65 bits per heavy atom. The predicted octanol–water partition coefficient (Wildman–Crippen LogP) is 4.47. The fraction of sp³-hybridized carbons (Fsp3) is 0. The zero-order chi connectivity index (χ0) is 17.3. The van der Waals surface area contributed by atoms with Gasteiger partial charge in [-0.15, -0.1) is 0 Å². The Morgan fingerprint density at radius 2 is 1.12 bits per heavy atom. The van der Waals surface area contributed by atoms with Crippen molar-refractivity contribution in [1.29, 1.82) is 0 Å². The molecule has 3 heterocycles. The van der Waals surface area contributed by atoms with E-state index in [-0.39, 0.29) is 17.1 Å². The molecule has 4 rings (SSSR count). The number of hydrogen-bond acceptors (Lipinski definition) is 4. The third kappa shape index (κ3) is 5.24. The molecular weight excluding hydrogens is 364 g/mol. The number of aromatic nitrogens is 3. The molecule has 0 aliphatic heterocycles. The van der Waals surface area contributed by atoms with Gasteiger partial charge in [-0.1, -0.05) is 30.3 Å². The zero-order valence-electron chi connectivity index (χ0n) is 14.0. The number of nitrogen functional groups attached to an aromatic ring is 1. The van der Waals surface area contributed by atoms with E-state index in [0.29, 0.717) is 0 Å². The second kappa shape index (κ2) is 10.1. The average molecular weight is 382 g/mol. The molecule has 3 aromatic heterocycles. The van der Waals surface area contributed by atoms with Gasteiger partial charge in [0.05, 0.1) is 17.1 Å². The standard InChI is InChI=1S/C15H11N3.C6H7N.Fe/c1-3-9-16-13(7-1)12-6-5-11-18-15(12)14-8-2-4-10-17-14;7-6-4-2-1-3-5-6;/h1-11H;1-5H,7H2;.